The number of halogens is 1. The zero-order chi connectivity index (χ0) is 54.6. The Morgan fingerprint density at radius 2 is 1.13 bits per heavy atom. The van der Waals surface area contributed by atoms with Gasteiger partial charge in [-0.3, -0.25) is 37.8 Å². The molecule has 1 amide bonds. The number of nitrogens with zero attached hydrogens (tertiary/aromatic N) is 10. The van der Waals surface area contributed by atoms with E-state index < -0.39 is 12.2 Å². The van der Waals surface area contributed by atoms with E-state index in [0.717, 1.165) is 91.8 Å². The van der Waals surface area contributed by atoms with Gasteiger partial charge in [-0.1, -0.05) is 48.5 Å². The number of nitrogens with two attached hydrogens (primary N) is 1. The summed E-state index contributed by atoms with van der Waals surface area (Å²) < 4.78 is 20.2. The highest BCUT2D eigenvalue weighted by atomic mass is 35.5. The molecule has 21 heteroatoms. The van der Waals surface area contributed by atoms with E-state index in [1.807, 2.05) is 118 Å². The van der Waals surface area contributed by atoms with E-state index in [1.165, 1.54) is 10.9 Å². The number of carbonyl (C=O) groups excluding carboxylic acids is 3. The van der Waals surface area contributed by atoms with E-state index in [-0.39, 0.29) is 42.9 Å². The summed E-state index contributed by atoms with van der Waals surface area (Å²) in [6, 6.07) is 29.4. The molecule has 402 valence electrons. The van der Waals surface area contributed by atoms with Crippen LogP contribution in [-0.2, 0) is 54.3 Å². The van der Waals surface area contributed by atoms with Crippen LogP contribution in [0.3, 0.4) is 0 Å². The number of aldehydes is 1. The minimum absolute atomic E-state index is 0.00743. The Hall–Kier alpha value is -7.69. The zero-order valence-corrected chi connectivity index (χ0v) is 44.4. The third-order valence-electron chi connectivity index (χ3n) is 13.4. The van der Waals surface area contributed by atoms with Gasteiger partial charge >= 0.3 is 0 Å². The van der Waals surface area contributed by atoms with Gasteiger partial charge in [0.25, 0.3) is 0 Å². The Morgan fingerprint density at radius 3 is 1.60 bits per heavy atom. The number of amides is 1. The Balaban J connectivity index is 0.000000128. The molecule has 0 saturated carbocycles. The first-order valence-electron chi connectivity index (χ1n) is 25.1. The minimum Gasteiger partial charge on any atom is -0.388 e. The molecule has 10 aromatic rings. The largest absolute Gasteiger partial charge is 0.388 e. The van der Waals surface area contributed by atoms with E-state index in [9.17, 15) is 24.6 Å². The van der Waals surface area contributed by atoms with Gasteiger partial charge in [0.2, 0.25) is 5.91 Å². The molecule has 4 atom stereocenters. The summed E-state index contributed by atoms with van der Waals surface area (Å²) in [6.07, 6.45) is 9.52. The van der Waals surface area contributed by atoms with Crippen LogP contribution in [-0.4, -0.2) is 122 Å². The monoisotopic (exact) mass is 1070 g/mol. The molecular weight excluding hydrogens is 1000 g/mol. The first-order valence-corrected chi connectivity index (χ1v) is 25.6. The maximum absolute atomic E-state index is 11.1. The van der Waals surface area contributed by atoms with Crippen molar-refractivity contribution in [3.63, 3.8) is 0 Å². The second-order valence-electron chi connectivity index (χ2n) is 18.7. The summed E-state index contributed by atoms with van der Waals surface area (Å²) in [5, 5.41) is 51.9. The lowest BCUT2D eigenvalue weighted by Gasteiger charge is -2.23. The maximum Gasteiger partial charge on any atom is 0.246 e. The molecule has 0 bridgehead atoms. The van der Waals surface area contributed by atoms with E-state index in [4.69, 9.17) is 26.8 Å². The van der Waals surface area contributed by atoms with Crippen molar-refractivity contribution in [1.29, 1.82) is 0 Å². The summed E-state index contributed by atoms with van der Waals surface area (Å²) in [5.41, 5.74) is 15.2. The summed E-state index contributed by atoms with van der Waals surface area (Å²) >= 11 is 5.42. The highest BCUT2D eigenvalue weighted by Crippen LogP contribution is 2.26. The second-order valence-corrected chi connectivity index (χ2v) is 19.0. The number of aromatic nitrogens is 10. The predicted molar refractivity (Wildman–Crippen MR) is 296 cm³/mol. The van der Waals surface area contributed by atoms with Crippen molar-refractivity contribution < 1.29 is 34.1 Å². The lowest BCUT2D eigenvalue weighted by molar-refractivity contribution is -0.133. The third kappa shape index (κ3) is 13.8. The number of alkyl halides is 1. The Kier molecular flexibility index (Phi) is 18.7. The molecule has 0 radical (unpaired) electrons. The van der Waals surface area contributed by atoms with E-state index in [1.54, 1.807) is 38.7 Å². The van der Waals surface area contributed by atoms with Gasteiger partial charge in [0.15, 0.2) is 0 Å². The number of hydrogen-bond donors (Lipinski definition) is 5. The number of aliphatic hydroxyl groups excluding tert-OH is 2. The number of carbonyl (C=O) groups is 3. The summed E-state index contributed by atoms with van der Waals surface area (Å²) in [6.45, 7) is 3.54. The van der Waals surface area contributed by atoms with Gasteiger partial charge in [0.1, 0.15) is 24.8 Å². The van der Waals surface area contributed by atoms with E-state index >= 15 is 0 Å². The van der Waals surface area contributed by atoms with Crippen LogP contribution in [0, 0.1) is 0 Å². The van der Waals surface area contributed by atoms with Crippen LogP contribution in [0.4, 0.5) is 0 Å². The number of ether oxygens (including phenoxy) is 2. The molecule has 2 aliphatic heterocycles. The zero-order valence-electron chi connectivity index (χ0n) is 43.7. The van der Waals surface area contributed by atoms with Crippen LogP contribution in [0.5, 0.6) is 0 Å². The number of aliphatic hydroxyl groups is 2. The molecule has 6 N–H and O–H groups in total. The number of hydrogen-bond acceptors (Lipinski definition) is 14. The standard InChI is InChI=1S/C13H15ClN2O2.C12H13N3O2.C12H15N3O.C10H13N3O.C9H8N2O/c1-16-12-6-9(2-3-10(12)8-15-16)13(18)5-4-11(17)7-14;1-15-10-3-2-8(4-9(10)5-14-15)11-6-13-12(16)7-17-11;1-15-11-3-2-9(6-10(11)7-14-15)12-8-13-4-5-16-12;1-13-9-4-7(10(14)5-11)2-3-8(9)6-12-13;1-11-9-4-7(6-12)2-3-8(9)5-10-11/h2-3,6,8,13,18H,4-5,7H2,1H3;2-5,11H,6-7H2,1H3,(H,13,16);2-3,6-7,12-13H,4-5,8H2,1H3;2-4,6,10,14H,5,11H2,1H3;2-6H,1H3. The first kappa shape index (κ1) is 55.5. The molecule has 2 aliphatic rings. The molecule has 12 rings (SSSR count). The fraction of sp³-hybridized carbons (Fsp3) is 0.321. The number of Topliss-reactive ketones (excluding diaryl/α,β-unsaturated/α-hetero) is 1. The molecular formula is C56H64ClN13O7. The SMILES string of the molecule is Cn1ncc2cc(C3CNC(=O)CO3)ccc21.Cn1ncc2cc(C3CNCCO3)ccc21.Cn1ncc2ccc(C(O)CCC(=O)CCl)cc21.Cn1ncc2ccc(C(O)CN)cc21.Cn1ncc2ccc(C=O)cc21. The number of ketones is 1. The number of morpholine rings is 2. The smallest absolute Gasteiger partial charge is 0.246 e. The van der Waals surface area contributed by atoms with Gasteiger partial charge in [-0.25, -0.2) is 0 Å². The van der Waals surface area contributed by atoms with Crippen LogP contribution < -0.4 is 16.4 Å². The molecule has 2 saturated heterocycles. The highest BCUT2D eigenvalue weighted by molar-refractivity contribution is 6.27. The van der Waals surface area contributed by atoms with Crippen molar-refractivity contribution in [1.82, 2.24) is 59.5 Å². The number of rotatable bonds is 10. The fourth-order valence-electron chi connectivity index (χ4n) is 8.89. The van der Waals surface area contributed by atoms with Crippen molar-refractivity contribution in [2.24, 2.45) is 41.0 Å². The molecule has 4 unspecified atom stereocenters. The topological polar surface area (TPSA) is 249 Å². The summed E-state index contributed by atoms with van der Waals surface area (Å²) in [5.74, 6) is -0.0888. The predicted octanol–water partition coefficient (Wildman–Crippen LogP) is 6.14. The Bertz CT molecular complexity index is 3600. The summed E-state index contributed by atoms with van der Waals surface area (Å²) in [4.78, 5) is 32.6. The van der Waals surface area contributed by atoms with Crippen molar-refractivity contribution >= 4 is 84.1 Å². The van der Waals surface area contributed by atoms with Crippen LogP contribution in [0.1, 0.15) is 69.9 Å². The van der Waals surface area contributed by atoms with E-state index in [2.05, 4.69) is 60.4 Å². The summed E-state index contributed by atoms with van der Waals surface area (Å²) in [7, 11) is 9.47. The molecule has 20 nitrogen and oxygen atoms in total. The van der Waals surface area contributed by atoms with Crippen molar-refractivity contribution in [3.8, 4) is 0 Å². The average Bonchev–Trinajstić information content (AvgIpc) is 4.32. The molecule has 7 heterocycles. The van der Waals surface area contributed by atoms with Crippen molar-refractivity contribution in [3.05, 3.63) is 150 Å². The molecule has 5 aromatic heterocycles. The maximum atomic E-state index is 11.1. The van der Waals surface area contributed by atoms with Crippen molar-refractivity contribution in [2.75, 3.05) is 45.3 Å². The Labute approximate surface area is 449 Å². The molecule has 77 heavy (non-hydrogen) atoms. The number of nitrogens with one attached hydrogen (secondary N) is 2. The van der Waals surface area contributed by atoms with Gasteiger partial charge in [-0.15, -0.1) is 11.6 Å². The molecule has 0 spiro atoms. The lowest BCUT2D eigenvalue weighted by atomic mass is 10.0. The van der Waals surface area contributed by atoms with Crippen molar-refractivity contribution in [2.45, 2.75) is 37.3 Å². The van der Waals surface area contributed by atoms with Gasteiger partial charge in [-0.05, 0) is 71.1 Å². The Morgan fingerprint density at radius 1 is 0.649 bits per heavy atom. The van der Waals surface area contributed by atoms with Crippen LogP contribution in [0.2, 0.25) is 0 Å². The normalized spacial score (nSPS) is 16.0. The number of fused-ring (bicyclic) bond motifs is 5. The molecule has 5 aromatic carbocycles. The second kappa shape index (κ2) is 25.9. The van der Waals surface area contributed by atoms with Crippen LogP contribution in [0.15, 0.2) is 122 Å². The van der Waals surface area contributed by atoms with E-state index in [0.29, 0.717) is 24.9 Å². The average molecular weight is 1070 g/mol. The molecule has 0 aliphatic carbocycles. The van der Waals surface area contributed by atoms with Gasteiger partial charge in [-0.2, -0.15) is 25.5 Å². The highest BCUT2D eigenvalue weighted by Gasteiger charge is 2.21. The van der Waals surface area contributed by atoms with Crippen LogP contribution in [0.25, 0.3) is 54.5 Å². The first-order chi connectivity index (χ1) is 37.2. The van der Waals surface area contributed by atoms with Crippen LogP contribution >= 0.6 is 11.6 Å². The minimum atomic E-state index is -0.642. The molecule has 2 fully saturated rings. The van der Waals surface area contributed by atoms with Gasteiger partial charge < -0.3 is 36.1 Å². The number of benzene rings is 5. The third-order valence-corrected chi connectivity index (χ3v) is 13.7. The lowest BCUT2D eigenvalue weighted by Crippen LogP contribution is -2.38. The quantitative estimate of drug-likeness (QED) is 0.0763. The number of aryl methyl sites for hydroxylation is 5. The van der Waals surface area contributed by atoms with Gasteiger partial charge in [0.05, 0.1) is 89.4 Å². The fourth-order valence-corrected chi connectivity index (χ4v) is 9.02. The van der Waals surface area contributed by atoms with Gasteiger partial charge in [0, 0.05) is 100 Å².